The second kappa shape index (κ2) is 19.1. The molecule has 0 fully saturated rings. The highest BCUT2D eigenvalue weighted by Crippen LogP contribution is 2.27. The quantitative estimate of drug-likeness (QED) is 0.127. The molecule has 0 amide bonds. The van der Waals surface area contributed by atoms with Crippen molar-refractivity contribution in [2.24, 2.45) is 0 Å². The molecule has 0 unspecified atom stereocenters. The highest BCUT2D eigenvalue weighted by atomic mass is 79.9. The summed E-state index contributed by atoms with van der Waals surface area (Å²) in [6.07, 6.45) is 7.05. The Morgan fingerprint density at radius 2 is 1.56 bits per heavy atom. The van der Waals surface area contributed by atoms with E-state index >= 15 is 0 Å². The molecule has 0 saturated carbocycles. The lowest BCUT2D eigenvalue weighted by Crippen LogP contribution is -2.10. The number of unbranched alkanes of at least 4 members (excludes halogenated alkanes) is 3. The van der Waals surface area contributed by atoms with Gasteiger partial charge in [-0.2, -0.15) is 5.26 Å². The van der Waals surface area contributed by atoms with E-state index in [4.69, 9.17) is 24.2 Å². The summed E-state index contributed by atoms with van der Waals surface area (Å²) in [5, 5.41) is 8.92. The molecule has 0 aliphatic carbocycles. The molecule has 0 aliphatic rings. The number of esters is 2. The molecule has 39 heavy (non-hydrogen) atoms. The van der Waals surface area contributed by atoms with Crippen molar-refractivity contribution in [2.45, 2.75) is 78.1 Å². The van der Waals surface area contributed by atoms with E-state index in [9.17, 15) is 9.59 Å². The van der Waals surface area contributed by atoms with E-state index in [1.54, 1.807) is 13.8 Å². The minimum atomic E-state index is -0.219. The number of hydrogen-bond acceptors (Lipinski definition) is 7. The van der Waals surface area contributed by atoms with Gasteiger partial charge in [-0.25, -0.2) is 0 Å². The maximum Gasteiger partial charge on any atom is 0.306 e. The molecule has 0 N–H and O–H groups in total. The van der Waals surface area contributed by atoms with Crippen molar-refractivity contribution in [1.82, 2.24) is 0 Å². The van der Waals surface area contributed by atoms with Gasteiger partial charge in [0.1, 0.15) is 11.5 Å². The maximum atomic E-state index is 12.0. The first kappa shape index (κ1) is 32.2. The van der Waals surface area contributed by atoms with Gasteiger partial charge in [0.2, 0.25) is 0 Å². The Labute approximate surface area is 240 Å². The predicted molar refractivity (Wildman–Crippen MR) is 154 cm³/mol. The molecule has 2 aromatic carbocycles. The Balaban J connectivity index is 1.85. The van der Waals surface area contributed by atoms with Crippen LogP contribution in [0.2, 0.25) is 0 Å². The number of carbonyl (C=O) groups is 2. The number of rotatable bonds is 19. The molecule has 0 aromatic heterocycles. The van der Waals surface area contributed by atoms with Crippen LogP contribution in [0.15, 0.2) is 40.9 Å². The first-order valence-corrected chi connectivity index (χ1v) is 14.6. The van der Waals surface area contributed by atoms with Crippen LogP contribution in [-0.4, -0.2) is 38.4 Å². The molecule has 0 spiro atoms. The fourth-order valence-corrected chi connectivity index (χ4v) is 4.73. The van der Waals surface area contributed by atoms with Crippen LogP contribution < -0.4 is 9.47 Å². The maximum absolute atomic E-state index is 12.0. The number of hydrogen-bond donors (Lipinski definition) is 0. The zero-order valence-electron chi connectivity index (χ0n) is 23.1. The molecular weight excluding hydrogens is 562 g/mol. The molecule has 0 saturated heterocycles. The van der Waals surface area contributed by atoms with Crippen molar-refractivity contribution < 1.29 is 28.5 Å². The van der Waals surface area contributed by atoms with Gasteiger partial charge in [-0.05, 0) is 86.9 Å². The third-order valence-corrected chi connectivity index (χ3v) is 6.48. The second-order valence-electron chi connectivity index (χ2n) is 9.10. The van der Waals surface area contributed by atoms with E-state index in [0.717, 1.165) is 59.2 Å². The Hall–Kier alpha value is -3.05. The van der Waals surface area contributed by atoms with Gasteiger partial charge in [0.05, 0.1) is 38.9 Å². The first-order valence-electron chi connectivity index (χ1n) is 13.8. The number of halogens is 1. The first-order chi connectivity index (χ1) is 19.0. The summed E-state index contributed by atoms with van der Waals surface area (Å²) in [6.45, 7) is 5.38. The summed E-state index contributed by atoms with van der Waals surface area (Å²) in [7, 11) is 0. The monoisotopic (exact) mass is 601 g/mol. The predicted octanol–water partition coefficient (Wildman–Crippen LogP) is 6.91. The average Bonchev–Trinajstić information content (AvgIpc) is 2.90. The van der Waals surface area contributed by atoms with Crippen molar-refractivity contribution in [3.63, 3.8) is 0 Å². The van der Waals surface area contributed by atoms with Crippen molar-refractivity contribution in [2.75, 3.05) is 26.4 Å². The van der Waals surface area contributed by atoms with Gasteiger partial charge in [0.15, 0.2) is 0 Å². The molecule has 2 aromatic rings. The van der Waals surface area contributed by atoms with Crippen molar-refractivity contribution in [1.29, 1.82) is 5.26 Å². The third kappa shape index (κ3) is 13.0. The number of nitrogens with zero attached hydrogens (tertiary/aromatic N) is 1. The topological polar surface area (TPSA) is 94.9 Å². The zero-order valence-corrected chi connectivity index (χ0v) is 24.7. The third-order valence-electron chi connectivity index (χ3n) is 6.03. The Morgan fingerprint density at radius 1 is 0.846 bits per heavy atom. The average molecular weight is 603 g/mol. The Bertz CT molecular complexity index is 1080. The molecule has 0 bridgehead atoms. The number of nitriles is 1. The van der Waals surface area contributed by atoms with Crippen LogP contribution in [0.5, 0.6) is 11.5 Å². The van der Waals surface area contributed by atoms with Crippen LogP contribution in [0, 0.1) is 11.3 Å². The van der Waals surface area contributed by atoms with Gasteiger partial charge in [0, 0.05) is 17.3 Å². The molecule has 0 radical (unpaired) electrons. The Morgan fingerprint density at radius 3 is 2.31 bits per heavy atom. The van der Waals surface area contributed by atoms with Crippen LogP contribution in [0.3, 0.4) is 0 Å². The standard InChI is InChI=1S/C31H40BrNO6/c1-3-36-30(34)14-10-20-39-29-13-9-12-25(28(29)15-16-31(35)37-4-2)11-7-5-6-8-19-38-27-22-24(17-18-33)21-26(32)23-27/h9,12-13,21-23H,3-8,10-11,14-17,19-20H2,1-2H3. The SMILES string of the molecule is CCOC(=O)CCCOc1cccc(CCCCCCOc2cc(Br)cc(CC#N)c2)c1CCC(=O)OCC. The van der Waals surface area contributed by atoms with E-state index in [2.05, 4.69) is 28.1 Å². The fraction of sp³-hybridized carbons (Fsp3) is 0.516. The lowest BCUT2D eigenvalue weighted by molar-refractivity contribution is -0.144. The van der Waals surface area contributed by atoms with E-state index in [-0.39, 0.29) is 11.9 Å². The van der Waals surface area contributed by atoms with Gasteiger partial charge < -0.3 is 18.9 Å². The summed E-state index contributed by atoms with van der Waals surface area (Å²) < 4.78 is 22.9. The number of benzene rings is 2. The Kier molecular flexibility index (Phi) is 15.7. The number of ether oxygens (including phenoxy) is 4. The smallest absolute Gasteiger partial charge is 0.306 e. The fourth-order valence-electron chi connectivity index (χ4n) is 4.21. The summed E-state index contributed by atoms with van der Waals surface area (Å²) in [6, 6.07) is 13.9. The van der Waals surface area contributed by atoms with E-state index in [0.29, 0.717) is 58.5 Å². The van der Waals surface area contributed by atoms with Crippen molar-refractivity contribution >= 4 is 27.9 Å². The summed E-state index contributed by atoms with van der Waals surface area (Å²) in [4.78, 5) is 23.6. The highest BCUT2D eigenvalue weighted by molar-refractivity contribution is 9.10. The highest BCUT2D eigenvalue weighted by Gasteiger charge is 2.13. The zero-order chi connectivity index (χ0) is 28.3. The molecule has 0 atom stereocenters. The number of aryl methyl sites for hydroxylation is 1. The summed E-state index contributed by atoms with van der Waals surface area (Å²) in [5.74, 6) is 1.10. The lowest BCUT2D eigenvalue weighted by Gasteiger charge is -2.16. The van der Waals surface area contributed by atoms with Gasteiger partial charge in [-0.1, -0.05) is 40.9 Å². The minimum Gasteiger partial charge on any atom is -0.494 e. The van der Waals surface area contributed by atoms with E-state index < -0.39 is 0 Å². The molecular formula is C31H40BrNO6. The van der Waals surface area contributed by atoms with E-state index in [1.807, 2.05) is 30.3 Å². The largest absolute Gasteiger partial charge is 0.494 e. The van der Waals surface area contributed by atoms with Gasteiger partial charge in [-0.3, -0.25) is 9.59 Å². The molecule has 2 rings (SSSR count). The van der Waals surface area contributed by atoms with Crippen molar-refractivity contribution in [3.05, 3.63) is 57.6 Å². The van der Waals surface area contributed by atoms with Gasteiger partial charge >= 0.3 is 11.9 Å². The lowest BCUT2D eigenvalue weighted by atomic mass is 9.96. The molecule has 212 valence electrons. The molecule has 7 nitrogen and oxygen atoms in total. The van der Waals surface area contributed by atoms with Crippen molar-refractivity contribution in [3.8, 4) is 17.6 Å². The van der Waals surface area contributed by atoms with Crippen LogP contribution in [0.1, 0.15) is 75.5 Å². The van der Waals surface area contributed by atoms with Crippen LogP contribution in [0.4, 0.5) is 0 Å². The molecule has 0 aliphatic heterocycles. The molecule has 8 heteroatoms. The van der Waals surface area contributed by atoms with Gasteiger partial charge in [0.25, 0.3) is 0 Å². The normalized spacial score (nSPS) is 10.5. The molecule has 0 heterocycles. The van der Waals surface area contributed by atoms with E-state index in [1.165, 1.54) is 5.56 Å². The summed E-state index contributed by atoms with van der Waals surface area (Å²) in [5.41, 5.74) is 3.15. The van der Waals surface area contributed by atoms with Crippen LogP contribution >= 0.6 is 15.9 Å². The van der Waals surface area contributed by atoms with Gasteiger partial charge in [-0.15, -0.1) is 0 Å². The van der Waals surface area contributed by atoms with Crippen LogP contribution in [-0.2, 0) is 38.3 Å². The second-order valence-corrected chi connectivity index (χ2v) is 10.0. The van der Waals surface area contributed by atoms with Crippen LogP contribution in [0.25, 0.3) is 0 Å². The minimum absolute atomic E-state index is 0.217. The number of carbonyl (C=O) groups excluding carboxylic acids is 2. The summed E-state index contributed by atoms with van der Waals surface area (Å²) >= 11 is 3.47.